The minimum atomic E-state index is -0.362. The topological polar surface area (TPSA) is 50.3 Å². The molecule has 0 unspecified atom stereocenters. The zero-order chi connectivity index (χ0) is 19.0. The maximum atomic E-state index is 14.0. The summed E-state index contributed by atoms with van der Waals surface area (Å²) in [5.41, 5.74) is 1.04. The highest BCUT2D eigenvalue weighted by molar-refractivity contribution is 5.85. The van der Waals surface area contributed by atoms with Gasteiger partial charge in [0, 0.05) is 31.3 Å². The maximum Gasteiger partial charge on any atom is 0.326 e. The first kappa shape index (κ1) is 21.3. The van der Waals surface area contributed by atoms with Crippen molar-refractivity contribution in [2.24, 2.45) is 0 Å². The van der Waals surface area contributed by atoms with Crippen LogP contribution in [0.4, 0.5) is 4.39 Å². The van der Waals surface area contributed by atoms with E-state index in [9.17, 15) is 9.18 Å². The van der Waals surface area contributed by atoms with Gasteiger partial charge >= 0.3 is 5.69 Å². The van der Waals surface area contributed by atoms with Gasteiger partial charge in [0.05, 0.1) is 11.6 Å². The molecule has 1 aliphatic carbocycles. The summed E-state index contributed by atoms with van der Waals surface area (Å²) in [6.07, 6.45) is 6.86. The van der Waals surface area contributed by atoms with Crippen molar-refractivity contribution in [2.45, 2.75) is 70.1 Å². The fourth-order valence-electron chi connectivity index (χ4n) is 5.07. The Balaban J connectivity index is 0.00000225. The molecule has 1 N–H and O–H groups in total. The number of H-pyrrole nitrogens is 1. The third kappa shape index (κ3) is 3.87. The standard InChI is InChI=1S/C21H30FN3O2.ClH/c1-3-27-16-7-11-21(2,12-8-16)24-13-9-15(10-14-24)25-18-6-4-5-17(22)19(18)23-20(25)26;/h4-6,15-16H,3,7-14H2,1-2H3,(H,23,26);1H/t16-,21-;. The molecule has 1 aromatic carbocycles. The zero-order valence-electron chi connectivity index (χ0n) is 16.7. The molecule has 1 aromatic heterocycles. The first-order chi connectivity index (χ1) is 13.0. The Kier molecular flexibility index (Phi) is 6.52. The minimum Gasteiger partial charge on any atom is -0.379 e. The zero-order valence-corrected chi connectivity index (χ0v) is 17.6. The van der Waals surface area contributed by atoms with Gasteiger partial charge in [-0.25, -0.2) is 9.18 Å². The molecule has 4 rings (SSSR count). The van der Waals surface area contributed by atoms with E-state index in [4.69, 9.17) is 4.74 Å². The molecule has 0 bridgehead atoms. The summed E-state index contributed by atoms with van der Waals surface area (Å²) in [6.45, 7) is 7.20. The largest absolute Gasteiger partial charge is 0.379 e. The van der Waals surface area contributed by atoms with Gasteiger partial charge in [-0.3, -0.25) is 9.47 Å². The Hall–Kier alpha value is -1.37. The van der Waals surface area contributed by atoms with Gasteiger partial charge < -0.3 is 9.72 Å². The van der Waals surface area contributed by atoms with Crippen LogP contribution in [0.1, 0.15) is 58.4 Å². The van der Waals surface area contributed by atoms with E-state index in [1.165, 1.54) is 18.9 Å². The molecule has 0 radical (unpaired) electrons. The highest BCUT2D eigenvalue weighted by Crippen LogP contribution is 2.38. The molecular weight excluding hydrogens is 381 g/mol. The Bertz CT molecular complexity index is 849. The number of rotatable bonds is 4. The van der Waals surface area contributed by atoms with Crippen LogP contribution in [-0.2, 0) is 4.74 Å². The Morgan fingerprint density at radius 3 is 2.54 bits per heavy atom. The molecule has 2 heterocycles. The van der Waals surface area contributed by atoms with Crippen molar-refractivity contribution in [2.75, 3.05) is 19.7 Å². The monoisotopic (exact) mass is 411 g/mol. The predicted molar refractivity (Wildman–Crippen MR) is 112 cm³/mol. The first-order valence-electron chi connectivity index (χ1n) is 10.3. The summed E-state index contributed by atoms with van der Waals surface area (Å²) in [5.74, 6) is -0.362. The number of ether oxygens (including phenoxy) is 1. The fourth-order valence-corrected chi connectivity index (χ4v) is 5.07. The van der Waals surface area contributed by atoms with E-state index in [1.54, 1.807) is 10.6 Å². The van der Waals surface area contributed by atoms with E-state index in [1.807, 2.05) is 6.07 Å². The molecular formula is C21H31ClFN3O2. The van der Waals surface area contributed by atoms with Gasteiger partial charge in [0.2, 0.25) is 0 Å². The smallest absolute Gasteiger partial charge is 0.326 e. The van der Waals surface area contributed by atoms with Crippen LogP contribution < -0.4 is 5.69 Å². The Labute approximate surface area is 171 Å². The highest BCUT2D eigenvalue weighted by Gasteiger charge is 2.38. The molecule has 156 valence electrons. The molecule has 1 aliphatic heterocycles. The van der Waals surface area contributed by atoms with E-state index in [0.29, 0.717) is 17.1 Å². The number of hydrogen-bond donors (Lipinski definition) is 1. The predicted octanol–water partition coefficient (Wildman–Crippen LogP) is 4.27. The van der Waals surface area contributed by atoms with Crippen molar-refractivity contribution in [3.8, 4) is 0 Å². The lowest BCUT2D eigenvalue weighted by atomic mass is 9.79. The first-order valence-corrected chi connectivity index (χ1v) is 10.3. The van der Waals surface area contributed by atoms with Crippen molar-refractivity contribution >= 4 is 23.4 Å². The lowest BCUT2D eigenvalue weighted by Gasteiger charge is -2.48. The number of para-hydroxylation sites is 1. The average molecular weight is 412 g/mol. The van der Waals surface area contributed by atoms with Crippen LogP contribution in [0.3, 0.4) is 0 Å². The van der Waals surface area contributed by atoms with Gasteiger partial charge in [-0.05, 0) is 64.5 Å². The number of halogens is 2. The number of aromatic nitrogens is 2. The molecule has 7 heteroatoms. The van der Waals surface area contributed by atoms with Crippen LogP contribution in [0.5, 0.6) is 0 Å². The normalized spacial score (nSPS) is 27.0. The van der Waals surface area contributed by atoms with Gasteiger partial charge in [0.25, 0.3) is 0 Å². The average Bonchev–Trinajstić information content (AvgIpc) is 3.01. The van der Waals surface area contributed by atoms with E-state index >= 15 is 0 Å². The lowest BCUT2D eigenvalue weighted by Crippen LogP contribution is -2.53. The molecule has 2 fully saturated rings. The lowest BCUT2D eigenvalue weighted by molar-refractivity contribution is -0.0273. The number of benzene rings is 1. The van der Waals surface area contributed by atoms with Crippen molar-refractivity contribution in [3.63, 3.8) is 0 Å². The Morgan fingerprint density at radius 1 is 1.21 bits per heavy atom. The number of imidazole rings is 1. The summed E-state index contributed by atoms with van der Waals surface area (Å²) in [5, 5.41) is 0. The number of likely N-dealkylation sites (tertiary alicyclic amines) is 1. The minimum absolute atomic E-state index is 0. The van der Waals surface area contributed by atoms with Gasteiger partial charge in [-0.15, -0.1) is 12.4 Å². The van der Waals surface area contributed by atoms with Gasteiger partial charge in [-0.2, -0.15) is 0 Å². The maximum absolute atomic E-state index is 14.0. The van der Waals surface area contributed by atoms with Crippen molar-refractivity contribution < 1.29 is 9.13 Å². The van der Waals surface area contributed by atoms with E-state index < -0.39 is 0 Å². The molecule has 5 nitrogen and oxygen atoms in total. The number of nitrogens with one attached hydrogen (secondary N) is 1. The third-order valence-corrected chi connectivity index (χ3v) is 6.71. The van der Waals surface area contributed by atoms with E-state index in [-0.39, 0.29) is 35.5 Å². The number of fused-ring (bicyclic) bond motifs is 1. The number of aromatic amines is 1. The number of nitrogens with zero attached hydrogens (tertiary/aromatic N) is 2. The SMILES string of the molecule is CCO[C@H]1CC[C@](C)(N2CCC(n3c(=O)[nH]c4c(F)cccc43)CC2)CC1.Cl. The van der Waals surface area contributed by atoms with Gasteiger partial charge in [0.1, 0.15) is 11.3 Å². The van der Waals surface area contributed by atoms with Crippen LogP contribution in [0.15, 0.2) is 23.0 Å². The fraction of sp³-hybridized carbons (Fsp3) is 0.667. The van der Waals surface area contributed by atoms with Crippen LogP contribution in [0.25, 0.3) is 11.0 Å². The third-order valence-electron chi connectivity index (χ3n) is 6.71. The van der Waals surface area contributed by atoms with Crippen LogP contribution in [-0.4, -0.2) is 45.8 Å². The second kappa shape index (κ2) is 8.56. The molecule has 0 spiro atoms. The molecule has 28 heavy (non-hydrogen) atoms. The van der Waals surface area contributed by atoms with Crippen LogP contribution in [0, 0.1) is 5.82 Å². The highest BCUT2D eigenvalue weighted by atomic mass is 35.5. The van der Waals surface area contributed by atoms with E-state index in [0.717, 1.165) is 45.4 Å². The Morgan fingerprint density at radius 2 is 1.89 bits per heavy atom. The van der Waals surface area contributed by atoms with E-state index in [2.05, 4.69) is 23.7 Å². The summed E-state index contributed by atoms with van der Waals surface area (Å²) >= 11 is 0. The number of hydrogen-bond acceptors (Lipinski definition) is 3. The summed E-state index contributed by atoms with van der Waals surface area (Å²) in [6, 6.07) is 5.03. The number of piperidine rings is 1. The van der Waals surface area contributed by atoms with Crippen molar-refractivity contribution in [3.05, 3.63) is 34.5 Å². The molecule has 0 amide bonds. The molecule has 0 atom stereocenters. The molecule has 2 aliphatic rings. The van der Waals surface area contributed by atoms with Crippen LogP contribution >= 0.6 is 12.4 Å². The van der Waals surface area contributed by atoms with Crippen LogP contribution in [0.2, 0.25) is 0 Å². The second-order valence-electron chi connectivity index (χ2n) is 8.30. The molecule has 2 aromatic rings. The molecule has 1 saturated heterocycles. The quantitative estimate of drug-likeness (QED) is 0.817. The van der Waals surface area contributed by atoms with Crippen molar-refractivity contribution in [1.29, 1.82) is 0 Å². The van der Waals surface area contributed by atoms with Gasteiger partial charge in [-0.1, -0.05) is 6.07 Å². The summed E-state index contributed by atoms with van der Waals surface area (Å²) in [7, 11) is 0. The summed E-state index contributed by atoms with van der Waals surface area (Å²) < 4.78 is 21.6. The second-order valence-corrected chi connectivity index (χ2v) is 8.30. The van der Waals surface area contributed by atoms with Crippen molar-refractivity contribution in [1.82, 2.24) is 14.5 Å². The van der Waals surface area contributed by atoms with Gasteiger partial charge in [0.15, 0.2) is 0 Å². The summed E-state index contributed by atoms with van der Waals surface area (Å²) in [4.78, 5) is 17.7. The molecule has 1 saturated carbocycles.